The molecule has 2 fully saturated rings. The van der Waals surface area contributed by atoms with Crippen molar-refractivity contribution in [1.29, 1.82) is 0 Å². The summed E-state index contributed by atoms with van der Waals surface area (Å²) < 4.78 is 11.8. The van der Waals surface area contributed by atoms with E-state index in [-0.39, 0.29) is 5.91 Å². The second-order valence-electron chi connectivity index (χ2n) is 9.96. The van der Waals surface area contributed by atoms with Gasteiger partial charge in [0.15, 0.2) is 11.5 Å². The molecule has 190 valence electrons. The van der Waals surface area contributed by atoms with Gasteiger partial charge in [-0.3, -0.25) is 9.78 Å². The zero-order chi connectivity index (χ0) is 24.9. The molecule has 0 radical (unpaired) electrons. The molecule has 2 aromatic heterocycles. The fraction of sp³-hybridized carbons (Fsp3) is 0.464. The smallest absolute Gasteiger partial charge is 0.224 e. The van der Waals surface area contributed by atoms with Crippen LogP contribution < -0.4 is 14.8 Å². The van der Waals surface area contributed by atoms with Gasteiger partial charge in [0.1, 0.15) is 0 Å². The number of hydrogen-bond acceptors (Lipinski definition) is 7. The first-order chi connectivity index (χ1) is 17.6. The highest BCUT2D eigenvalue weighted by atomic mass is 32.1. The van der Waals surface area contributed by atoms with E-state index in [0.29, 0.717) is 30.6 Å². The van der Waals surface area contributed by atoms with Gasteiger partial charge in [-0.25, -0.2) is 4.98 Å². The van der Waals surface area contributed by atoms with Gasteiger partial charge in [0, 0.05) is 17.4 Å². The molecule has 1 saturated heterocycles. The minimum atomic E-state index is 0.0918. The summed E-state index contributed by atoms with van der Waals surface area (Å²) in [6.45, 7) is 2.95. The minimum absolute atomic E-state index is 0.0918. The molecule has 3 heterocycles. The van der Waals surface area contributed by atoms with Gasteiger partial charge in [-0.2, -0.15) is 0 Å². The molecule has 1 saturated carbocycles. The van der Waals surface area contributed by atoms with E-state index >= 15 is 0 Å². The Labute approximate surface area is 216 Å². The van der Waals surface area contributed by atoms with Gasteiger partial charge < -0.3 is 19.7 Å². The van der Waals surface area contributed by atoms with Crippen molar-refractivity contribution < 1.29 is 14.3 Å². The number of nitrogens with zero attached hydrogens (tertiary/aromatic N) is 3. The van der Waals surface area contributed by atoms with Crippen LogP contribution in [-0.2, 0) is 4.79 Å². The molecule has 0 unspecified atom stereocenters. The molecule has 3 aromatic rings. The number of carbonyl (C=O) groups is 1. The molecule has 1 N–H and O–H groups in total. The number of nitrogens with one attached hydrogen (secondary N) is 1. The molecular formula is C28H34N4O3S. The molecule has 36 heavy (non-hydrogen) atoms. The number of rotatable bonds is 9. The Bertz CT molecular complexity index is 1190. The van der Waals surface area contributed by atoms with Crippen LogP contribution in [0.1, 0.15) is 38.5 Å². The number of anilines is 1. The van der Waals surface area contributed by atoms with Crippen LogP contribution in [0, 0.1) is 11.8 Å². The molecule has 1 aromatic carbocycles. The molecule has 0 atom stereocenters. The standard InChI is InChI=1S/C28H34N4O3S/c1-32-10-8-20(9-11-32)17-35-25-7-6-21(13-26(25)34-2)23-15-29-16-24(31-23)27-14-22(18-36-27)30-28(33)12-19-4-3-5-19/h6-7,13-16,18-20H,3-5,8-12,17H2,1-2H3,(H,30,33). The van der Waals surface area contributed by atoms with E-state index in [0.717, 1.165) is 59.2 Å². The number of amides is 1. The van der Waals surface area contributed by atoms with Gasteiger partial charge in [0.25, 0.3) is 0 Å². The van der Waals surface area contributed by atoms with Crippen molar-refractivity contribution in [1.82, 2.24) is 14.9 Å². The molecule has 8 heteroatoms. The summed E-state index contributed by atoms with van der Waals surface area (Å²) in [5.74, 6) is 2.67. The maximum atomic E-state index is 12.3. The van der Waals surface area contributed by atoms with E-state index in [1.165, 1.54) is 19.3 Å². The van der Waals surface area contributed by atoms with Crippen molar-refractivity contribution >= 4 is 22.9 Å². The van der Waals surface area contributed by atoms with Crippen LogP contribution in [0.5, 0.6) is 11.5 Å². The Kier molecular flexibility index (Phi) is 7.82. The van der Waals surface area contributed by atoms with Crippen LogP contribution in [0.25, 0.3) is 21.8 Å². The number of carbonyl (C=O) groups excluding carboxylic acids is 1. The highest BCUT2D eigenvalue weighted by Crippen LogP contribution is 2.35. The zero-order valence-corrected chi connectivity index (χ0v) is 21.9. The number of benzene rings is 1. The van der Waals surface area contributed by atoms with Gasteiger partial charge in [0.2, 0.25) is 5.91 Å². The van der Waals surface area contributed by atoms with E-state index in [2.05, 4.69) is 22.2 Å². The van der Waals surface area contributed by atoms with Crippen LogP contribution in [0.2, 0.25) is 0 Å². The zero-order valence-electron chi connectivity index (χ0n) is 21.0. The van der Waals surface area contributed by atoms with E-state index in [1.54, 1.807) is 30.8 Å². The Hall–Kier alpha value is -2.97. The Balaban J connectivity index is 1.25. The predicted molar refractivity (Wildman–Crippen MR) is 144 cm³/mol. The van der Waals surface area contributed by atoms with E-state index in [9.17, 15) is 4.79 Å². The summed E-state index contributed by atoms with van der Waals surface area (Å²) in [6.07, 6.45) is 10.0. The maximum absolute atomic E-state index is 12.3. The van der Waals surface area contributed by atoms with E-state index in [1.807, 2.05) is 29.6 Å². The van der Waals surface area contributed by atoms with Crippen molar-refractivity contribution in [3.8, 4) is 33.3 Å². The van der Waals surface area contributed by atoms with Gasteiger partial charge in [0.05, 0.1) is 48.1 Å². The van der Waals surface area contributed by atoms with Gasteiger partial charge >= 0.3 is 0 Å². The first-order valence-electron chi connectivity index (χ1n) is 12.8. The van der Waals surface area contributed by atoms with Crippen LogP contribution in [0.15, 0.2) is 42.0 Å². The lowest BCUT2D eigenvalue weighted by Crippen LogP contribution is -2.32. The molecule has 0 bridgehead atoms. The highest BCUT2D eigenvalue weighted by molar-refractivity contribution is 7.14. The Morgan fingerprint density at radius 2 is 1.89 bits per heavy atom. The number of methoxy groups -OCH3 is 1. The SMILES string of the molecule is COc1cc(-c2cncc(-c3cc(NC(=O)CC4CCC4)cs3)n2)ccc1OCC1CCN(C)CC1. The van der Waals surface area contributed by atoms with Gasteiger partial charge in [-0.1, -0.05) is 6.42 Å². The number of piperidine rings is 1. The normalized spacial score (nSPS) is 16.9. The van der Waals surface area contributed by atoms with E-state index in [4.69, 9.17) is 14.5 Å². The van der Waals surface area contributed by atoms with Gasteiger partial charge in [-0.15, -0.1) is 11.3 Å². The highest BCUT2D eigenvalue weighted by Gasteiger charge is 2.21. The first-order valence-corrected chi connectivity index (χ1v) is 13.7. The number of likely N-dealkylation sites (tertiary alicyclic amines) is 1. The molecule has 5 rings (SSSR count). The van der Waals surface area contributed by atoms with Crippen molar-refractivity contribution in [3.05, 3.63) is 42.0 Å². The third kappa shape index (κ3) is 6.05. The fourth-order valence-corrected chi connectivity index (χ4v) is 5.51. The summed E-state index contributed by atoms with van der Waals surface area (Å²) in [7, 11) is 3.83. The summed E-state index contributed by atoms with van der Waals surface area (Å²) in [5, 5.41) is 4.99. The average molecular weight is 507 g/mol. The lowest BCUT2D eigenvalue weighted by molar-refractivity contribution is -0.117. The molecule has 7 nitrogen and oxygen atoms in total. The lowest BCUT2D eigenvalue weighted by atomic mass is 9.83. The third-order valence-corrected chi connectivity index (χ3v) is 8.19. The van der Waals surface area contributed by atoms with Crippen molar-refractivity contribution in [2.45, 2.75) is 38.5 Å². The minimum Gasteiger partial charge on any atom is -0.493 e. The van der Waals surface area contributed by atoms with Crippen LogP contribution in [0.4, 0.5) is 5.69 Å². The molecular weight excluding hydrogens is 472 g/mol. The second kappa shape index (κ2) is 11.4. The quantitative estimate of drug-likeness (QED) is 0.399. The topological polar surface area (TPSA) is 76.6 Å². The van der Waals surface area contributed by atoms with Crippen molar-refractivity contribution in [3.63, 3.8) is 0 Å². The van der Waals surface area contributed by atoms with E-state index < -0.39 is 0 Å². The summed E-state index contributed by atoms with van der Waals surface area (Å²) in [5.41, 5.74) is 3.27. The third-order valence-electron chi connectivity index (χ3n) is 7.24. The molecule has 0 spiro atoms. The lowest BCUT2D eigenvalue weighted by Gasteiger charge is -2.28. The first kappa shape index (κ1) is 24.7. The number of hydrogen-bond donors (Lipinski definition) is 1. The monoisotopic (exact) mass is 506 g/mol. The second-order valence-corrected chi connectivity index (χ2v) is 10.9. The predicted octanol–water partition coefficient (Wildman–Crippen LogP) is 5.73. The number of thiophene rings is 1. The van der Waals surface area contributed by atoms with Crippen molar-refractivity contribution in [2.75, 3.05) is 39.2 Å². The van der Waals surface area contributed by atoms with Gasteiger partial charge in [-0.05, 0) is 81.9 Å². The Morgan fingerprint density at radius 3 is 2.64 bits per heavy atom. The van der Waals surface area contributed by atoms with Crippen LogP contribution >= 0.6 is 11.3 Å². The summed E-state index contributed by atoms with van der Waals surface area (Å²) in [4.78, 5) is 24.9. The largest absolute Gasteiger partial charge is 0.493 e. The number of ether oxygens (including phenoxy) is 2. The van der Waals surface area contributed by atoms with Crippen LogP contribution in [0.3, 0.4) is 0 Å². The molecule has 1 aliphatic carbocycles. The average Bonchev–Trinajstić information content (AvgIpc) is 3.34. The fourth-order valence-electron chi connectivity index (χ4n) is 4.71. The Morgan fingerprint density at radius 1 is 1.08 bits per heavy atom. The molecule has 1 amide bonds. The summed E-state index contributed by atoms with van der Waals surface area (Å²) in [6, 6.07) is 7.88. The van der Waals surface area contributed by atoms with Crippen molar-refractivity contribution in [2.24, 2.45) is 11.8 Å². The summed E-state index contributed by atoms with van der Waals surface area (Å²) >= 11 is 1.55. The molecule has 2 aliphatic rings. The molecule has 1 aliphatic heterocycles. The number of aromatic nitrogens is 2. The van der Waals surface area contributed by atoms with Crippen LogP contribution in [-0.4, -0.2) is 54.6 Å². The maximum Gasteiger partial charge on any atom is 0.224 e.